The first kappa shape index (κ1) is 20.5. The van der Waals surface area contributed by atoms with Crippen molar-refractivity contribution in [3.8, 4) is 0 Å². The summed E-state index contributed by atoms with van der Waals surface area (Å²) in [6.45, 7) is 8.61. The number of aromatic nitrogens is 2. The number of benzene rings is 1. The fourth-order valence-electron chi connectivity index (χ4n) is 4.76. The average Bonchev–Trinajstić information content (AvgIpc) is 3.43. The molecule has 1 aliphatic heterocycles. The van der Waals surface area contributed by atoms with Crippen LogP contribution in [-0.4, -0.2) is 15.6 Å². The predicted molar refractivity (Wildman–Crippen MR) is 119 cm³/mol. The van der Waals surface area contributed by atoms with Gasteiger partial charge in [0.1, 0.15) is 11.6 Å². The molecule has 0 radical (unpaired) electrons. The zero-order valence-electron chi connectivity index (χ0n) is 18.3. The van der Waals surface area contributed by atoms with Gasteiger partial charge in [0.25, 0.3) is 0 Å². The molecule has 5 nitrogen and oxygen atoms in total. The number of hydrogen-bond donors (Lipinski definition) is 1. The zero-order valence-corrected chi connectivity index (χ0v) is 18.3. The first-order valence-corrected chi connectivity index (χ1v) is 10.9. The van der Waals surface area contributed by atoms with Crippen LogP contribution in [0.4, 0.5) is 5.82 Å². The van der Waals surface area contributed by atoms with Crippen LogP contribution in [0.15, 0.2) is 59.3 Å². The summed E-state index contributed by atoms with van der Waals surface area (Å²) in [7, 11) is 0. The molecule has 0 saturated carbocycles. The normalized spacial score (nSPS) is 17.9. The van der Waals surface area contributed by atoms with E-state index in [-0.39, 0.29) is 22.8 Å². The largest absolute Gasteiger partial charge is 0.469 e. The van der Waals surface area contributed by atoms with Gasteiger partial charge in [-0.25, -0.2) is 4.68 Å². The van der Waals surface area contributed by atoms with Gasteiger partial charge < -0.3 is 9.73 Å². The predicted octanol–water partition coefficient (Wildman–Crippen LogP) is 6.10. The van der Waals surface area contributed by atoms with Crippen molar-refractivity contribution in [3.05, 3.63) is 71.8 Å². The number of Topliss-reactive ketones (excluding diaryl/α,β-unsaturated/α-hetero) is 1. The molecular formula is C25H31N3O2. The summed E-state index contributed by atoms with van der Waals surface area (Å²) in [4.78, 5) is 13.5. The van der Waals surface area contributed by atoms with Gasteiger partial charge in [-0.05, 0) is 50.8 Å². The van der Waals surface area contributed by atoms with E-state index in [0.717, 1.165) is 30.8 Å². The van der Waals surface area contributed by atoms with E-state index in [9.17, 15) is 4.79 Å². The van der Waals surface area contributed by atoms with Crippen molar-refractivity contribution >= 4 is 11.6 Å². The molecule has 1 N–H and O–H groups in total. The van der Waals surface area contributed by atoms with Crippen LogP contribution in [0.5, 0.6) is 0 Å². The Kier molecular flexibility index (Phi) is 5.31. The summed E-state index contributed by atoms with van der Waals surface area (Å²) >= 11 is 0. The van der Waals surface area contributed by atoms with E-state index < -0.39 is 0 Å². The molecule has 0 saturated heterocycles. The summed E-state index contributed by atoms with van der Waals surface area (Å²) in [6.07, 6.45) is 6.42. The van der Waals surface area contributed by atoms with Gasteiger partial charge in [-0.2, -0.15) is 5.10 Å². The Labute approximate surface area is 178 Å². The lowest BCUT2D eigenvalue weighted by Gasteiger charge is -2.38. The number of rotatable bonds is 7. The lowest BCUT2D eigenvalue weighted by molar-refractivity contribution is 0.0934. The van der Waals surface area contributed by atoms with Gasteiger partial charge in [0.05, 0.1) is 29.6 Å². The smallest absolute Gasteiger partial charge is 0.169 e. The minimum absolute atomic E-state index is 0.105. The molecule has 30 heavy (non-hydrogen) atoms. The van der Waals surface area contributed by atoms with Crippen LogP contribution < -0.4 is 5.32 Å². The molecule has 1 aromatic carbocycles. The lowest BCUT2D eigenvalue weighted by atomic mass is 9.75. The molecule has 3 aromatic rings. The molecule has 0 spiro atoms. The van der Waals surface area contributed by atoms with Crippen LogP contribution in [0.3, 0.4) is 0 Å². The van der Waals surface area contributed by atoms with Crippen LogP contribution in [0.25, 0.3) is 0 Å². The van der Waals surface area contributed by atoms with E-state index in [1.54, 1.807) is 12.5 Å². The number of carbonyl (C=O) groups excluding carboxylic acids is 1. The van der Waals surface area contributed by atoms with E-state index >= 15 is 0 Å². The highest BCUT2D eigenvalue weighted by atomic mass is 16.3. The van der Waals surface area contributed by atoms with Crippen LogP contribution >= 0.6 is 0 Å². The molecule has 1 aliphatic rings. The Bertz CT molecular complexity index is 998. The fourth-order valence-corrected chi connectivity index (χ4v) is 4.76. The molecule has 0 aliphatic carbocycles. The summed E-state index contributed by atoms with van der Waals surface area (Å²) in [5.74, 6) is 1.82. The summed E-state index contributed by atoms with van der Waals surface area (Å²) in [6, 6.07) is 14.4. The third-order valence-corrected chi connectivity index (χ3v) is 6.76. The third-order valence-electron chi connectivity index (χ3n) is 6.76. The minimum atomic E-state index is -0.293. The van der Waals surface area contributed by atoms with Gasteiger partial charge in [-0.1, -0.05) is 44.2 Å². The molecular weight excluding hydrogens is 374 g/mol. The van der Waals surface area contributed by atoms with Crippen molar-refractivity contribution in [2.24, 2.45) is 0 Å². The molecule has 0 fully saturated rings. The Morgan fingerprint density at radius 3 is 2.57 bits per heavy atom. The van der Waals surface area contributed by atoms with E-state index in [1.165, 1.54) is 5.56 Å². The number of fused-ring (bicyclic) bond motifs is 1. The molecule has 0 bridgehead atoms. The number of furan rings is 1. The molecule has 0 amide bonds. The van der Waals surface area contributed by atoms with Crippen LogP contribution in [0.2, 0.25) is 0 Å². The molecule has 4 rings (SSSR count). The molecule has 158 valence electrons. The van der Waals surface area contributed by atoms with Crippen LogP contribution in [-0.2, 0) is 11.0 Å². The second kappa shape index (κ2) is 7.78. The fraction of sp³-hybridized carbons (Fsp3) is 0.440. The molecule has 5 heteroatoms. The number of ketones is 1. The quantitative estimate of drug-likeness (QED) is 0.483. The monoisotopic (exact) mass is 405 g/mol. The maximum Gasteiger partial charge on any atom is 0.169 e. The summed E-state index contributed by atoms with van der Waals surface area (Å²) in [5, 5.41) is 8.22. The number of hydrogen-bond acceptors (Lipinski definition) is 4. The van der Waals surface area contributed by atoms with E-state index in [2.05, 4.69) is 62.4 Å². The highest BCUT2D eigenvalue weighted by molar-refractivity contribution is 6.01. The highest BCUT2D eigenvalue weighted by Gasteiger charge is 2.39. The SMILES string of the molecule is CCC(CC)(CC(=O)c1cnn2c1NC(c1ccccc1)CC2(C)C)c1ccco1. The standard InChI is InChI=1S/C25H31N3O2/c1-5-25(6-2,22-13-10-14-30-22)16-21(29)19-17-26-28-23(19)27-20(15-24(28,3)4)18-11-8-7-9-12-18/h7-14,17,20,27H,5-6,15-16H2,1-4H3. The van der Waals surface area contributed by atoms with Crippen LogP contribution in [0, 0.1) is 0 Å². The van der Waals surface area contributed by atoms with Crippen molar-refractivity contribution in [1.82, 2.24) is 9.78 Å². The minimum Gasteiger partial charge on any atom is -0.469 e. The van der Waals surface area contributed by atoms with Gasteiger partial charge in [-0.3, -0.25) is 4.79 Å². The van der Waals surface area contributed by atoms with Crippen molar-refractivity contribution in [2.75, 3.05) is 5.32 Å². The van der Waals surface area contributed by atoms with Crippen molar-refractivity contribution in [2.45, 2.75) is 70.4 Å². The average molecular weight is 406 g/mol. The molecule has 1 atom stereocenters. The number of anilines is 1. The second-order valence-corrected chi connectivity index (χ2v) is 9.01. The van der Waals surface area contributed by atoms with Crippen LogP contribution in [0.1, 0.15) is 81.1 Å². The van der Waals surface area contributed by atoms with E-state index in [1.807, 2.05) is 22.9 Å². The Balaban J connectivity index is 1.67. The van der Waals surface area contributed by atoms with Gasteiger partial charge >= 0.3 is 0 Å². The van der Waals surface area contributed by atoms with Gasteiger partial charge in [0.2, 0.25) is 0 Å². The lowest BCUT2D eigenvalue weighted by Crippen LogP contribution is -2.38. The maximum atomic E-state index is 13.5. The highest BCUT2D eigenvalue weighted by Crippen LogP contribution is 2.42. The second-order valence-electron chi connectivity index (χ2n) is 9.01. The molecule has 2 aromatic heterocycles. The first-order chi connectivity index (χ1) is 14.4. The van der Waals surface area contributed by atoms with Gasteiger partial charge in [-0.15, -0.1) is 0 Å². The number of nitrogens with zero attached hydrogens (tertiary/aromatic N) is 2. The first-order valence-electron chi connectivity index (χ1n) is 10.9. The zero-order chi connectivity index (χ0) is 21.4. The van der Waals surface area contributed by atoms with Crippen molar-refractivity contribution < 1.29 is 9.21 Å². The van der Waals surface area contributed by atoms with E-state index in [0.29, 0.717) is 12.0 Å². The summed E-state index contributed by atoms with van der Waals surface area (Å²) < 4.78 is 7.71. The Hall–Kier alpha value is -2.82. The van der Waals surface area contributed by atoms with Gasteiger partial charge in [0.15, 0.2) is 5.78 Å². The Morgan fingerprint density at radius 1 is 1.20 bits per heavy atom. The van der Waals surface area contributed by atoms with Gasteiger partial charge in [0, 0.05) is 11.8 Å². The molecule has 3 heterocycles. The maximum absolute atomic E-state index is 13.5. The Morgan fingerprint density at radius 2 is 1.93 bits per heavy atom. The number of carbonyl (C=O) groups is 1. The topological polar surface area (TPSA) is 60.1 Å². The van der Waals surface area contributed by atoms with Crippen molar-refractivity contribution in [1.29, 1.82) is 0 Å². The van der Waals surface area contributed by atoms with E-state index in [4.69, 9.17) is 4.42 Å². The molecule has 1 unspecified atom stereocenters. The van der Waals surface area contributed by atoms with Crippen molar-refractivity contribution in [3.63, 3.8) is 0 Å². The number of nitrogens with one attached hydrogen (secondary N) is 1. The third kappa shape index (κ3) is 3.47. The summed E-state index contributed by atoms with van der Waals surface area (Å²) in [5.41, 5.74) is 1.41.